The van der Waals surface area contributed by atoms with Crippen molar-refractivity contribution in [2.75, 3.05) is 6.54 Å². The number of hydrogen-bond acceptors (Lipinski definition) is 1. The Morgan fingerprint density at radius 3 is 2.21 bits per heavy atom. The number of carbonyl (C=O) groups excluding carboxylic acids is 1. The minimum Gasteiger partial charge on any atom is -0.336 e. The van der Waals surface area contributed by atoms with Crippen molar-refractivity contribution < 1.29 is 4.79 Å². The first-order chi connectivity index (χ1) is 11.7. The molecule has 2 aromatic rings. The van der Waals surface area contributed by atoms with E-state index in [1.54, 1.807) is 12.1 Å². The summed E-state index contributed by atoms with van der Waals surface area (Å²) in [7, 11) is 0. The van der Waals surface area contributed by atoms with Gasteiger partial charge in [0.1, 0.15) is 0 Å². The van der Waals surface area contributed by atoms with Gasteiger partial charge in [0, 0.05) is 23.2 Å². The molecule has 2 nitrogen and oxygen atoms in total. The predicted molar refractivity (Wildman–Crippen MR) is 99.6 cm³/mol. The second-order valence-electron chi connectivity index (χ2n) is 6.51. The fourth-order valence-electron chi connectivity index (χ4n) is 3.77. The molecule has 1 aliphatic rings. The Kier molecular flexibility index (Phi) is 5.57. The molecule has 2 aromatic carbocycles. The van der Waals surface area contributed by atoms with Gasteiger partial charge in [0.05, 0.1) is 0 Å². The Labute approximate surface area is 149 Å². The maximum absolute atomic E-state index is 12.8. The summed E-state index contributed by atoms with van der Waals surface area (Å²) in [5.74, 6) is 0.754. The molecule has 0 saturated heterocycles. The number of hydrogen-bond donors (Lipinski definition) is 0. The van der Waals surface area contributed by atoms with Gasteiger partial charge >= 0.3 is 0 Å². The molecule has 1 saturated carbocycles. The van der Waals surface area contributed by atoms with Crippen LogP contribution < -0.4 is 0 Å². The van der Waals surface area contributed by atoms with E-state index in [-0.39, 0.29) is 5.91 Å². The van der Waals surface area contributed by atoms with Crippen LogP contribution in [0.25, 0.3) is 0 Å². The van der Waals surface area contributed by atoms with Crippen LogP contribution in [0, 0.1) is 0 Å². The molecule has 126 valence electrons. The summed E-state index contributed by atoms with van der Waals surface area (Å²) in [6.07, 6.45) is 4.46. The largest absolute Gasteiger partial charge is 0.336 e. The highest BCUT2D eigenvalue weighted by Crippen LogP contribution is 2.35. The lowest BCUT2D eigenvalue weighted by molar-refractivity contribution is 0.0640. The van der Waals surface area contributed by atoms with Crippen LogP contribution >= 0.6 is 11.6 Å². The van der Waals surface area contributed by atoms with E-state index in [1.165, 1.54) is 5.56 Å². The molecular formula is C21H24ClNO. The summed E-state index contributed by atoms with van der Waals surface area (Å²) in [6.45, 7) is 2.82. The van der Waals surface area contributed by atoms with Gasteiger partial charge in [0.2, 0.25) is 0 Å². The maximum Gasteiger partial charge on any atom is 0.254 e. The fraction of sp³-hybridized carbons (Fsp3) is 0.381. The zero-order valence-corrected chi connectivity index (χ0v) is 14.9. The predicted octanol–water partition coefficient (Wildman–Crippen LogP) is 5.53. The summed E-state index contributed by atoms with van der Waals surface area (Å²) in [5.41, 5.74) is 2.16. The number of benzene rings is 2. The number of halogens is 1. The number of nitrogens with zero attached hydrogens (tertiary/aromatic N) is 1. The van der Waals surface area contributed by atoms with E-state index in [1.807, 2.05) is 17.0 Å². The molecule has 0 bridgehead atoms. The van der Waals surface area contributed by atoms with Gasteiger partial charge in [-0.2, -0.15) is 0 Å². The first-order valence-corrected chi connectivity index (χ1v) is 9.18. The quantitative estimate of drug-likeness (QED) is 0.716. The van der Waals surface area contributed by atoms with Crippen LogP contribution in [0.2, 0.25) is 5.02 Å². The molecule has 0 aromatic heterocycles. The lowest BCUT2D eigenvalue weighted by Gasteiger charge is -2.36. The van der Waals surface area contributed by atoms with Crippen LogP contribution in [0.4, 0.5) is 0 Å². The zero-order valence-electron chi connectivity index (χ0n) is 14.1. The molecule has 0 N–H and O–H groups in total. The van der Waals surface area contributed by atoms with E-state index in [2.05, 4.69) is 37.3 Å². The SMILES string of the molecule is CCN(C(=O)c1ccc(Cl)cc1)C1CCC(c2ccccc2)CC1. The van der Waals surface area contributed by atoms with Crippen molar-refractivity contribution in [1.29, 1.82) is 0 Å². The van der Waals surface area contributed by atoms with Crippen molar-refractivity contribution in [2.45, 2.75) is 44.6 Å². The summed E-state index contributed by atoms with van der Waals surface area (Å²) < 4.78 is 0. The molecule has 3 heteroatoms. The third kappa shape index (κ3) is 3.81. The van der Waals surface area contributed by atoms with E-state index >= 15 is 0 Å². The van der Waals surface area contributed by atoms with Gasteiger partial charge in [-0.3, -0.25) is 4.79 Å². The van der Waals surface area contributed by atoms with Crippen LogP contribution in [0.15, 0.2) is 54.6 Å². The molecule has 3 rings (SSSR count). The smallest absolute Gasteiger partial charge is 0.254 e. The molecule has 1 fully saturated rings. The maximum atomic E-state index is 12.8. The first kappa shape index (κ1) is 17.0. The van der Waals surface area contributed by atoms with Gasteiger partial charge in [-0.05, 0) is 68.4 Å². The molecule has 0 heterocycles. The highest BCUT2D eigenvalue weighted by atomic mass is 35.5. The van der Waals surface area contributed by atoms with Crippen LogP contribution in [-0.2, 0) is 0 Å². The first-order valence-electron chi connectivity index (χ1n) is 8.80. The molecule has 0 spiro atoms. The van der Waals surface area contributed by atoms with E-state index in [9.17, 15) is 4.79 Å². The second kappa shape index (κ2) is 7.85. The monoisotopic (exact) mass is 341 g/mol. The molecular weight excluding hydrogens is 318 g/mol. The van der Waals surface area contributed by atoms with E-state index < -0.39 is 0 Å². The summed E-state index contributed by atoms with van der Waals surface area (Å²) >= 11 is 5.93. The van der Waals surface area contributed by atoms with Crippen LogP contribution in [0.1, 0.15) is 54.4 Å². The van der Waals surface area contributed by atoms with Gasteiger partial charge in [0.15, 0.2) is 0 Å². The van der Waals surface area contributed by atoms with Gasteiger partial charge in [-0.1, -0.05) is 41.9 Å². The molecule has 0 radical (unpaired) electrons. The van der Waals surface area contributed by atoms with Gasteiger partial charge in [0.25, 0.3) is 5.91 Å². The Bertz CT molecular complexity index is 660. The number of carbonyl (C=O) groups is 1. The molecule has 24 heavy (non-hydrogen) atoms. The Hall–Kier alpha value is -1.80. The van der Waals surface area contributed by atoms with Crippen molar-refractivity contribution in [2.24, 2.45) is 0 Å². The van der Waals surface area contributed by atoms with Gasteiger partial charge in [-0.25, -0.2) is 0 Å². The molecule has 0 unspecified atom stereocenters. The fourth-order valence-corrected chi connectivity index (χ4v) is 3.90. The molecule has 0 atom stereocenters. The topological polar surface area (TPSA) is 20.3 Å². The van der Waals surface area contributed by atoms with Crippen molar-refractivity contribution in [3.05, 3.63) is 70.7 Å². The minimum absolute atomic E-state index is 0.123. The standard InChI is InChI=1S/C21H24ClNO/c1-2-23(21(24)18-8-12-19(22)13-9-18)20-14-10-17(11-15-20)16-6-4-3-5-7-16/h3-9,12-13,17,20H,2,10-11,14-15H2,1H3. The van der Waals surface area contributed by atoms with Crippen molar-refractivity contribution >= 4 is 17.5 Å². The van der Waals surface area contributed by atoms with E-state index in [4.69, 9.17) is 11.6 Å². The Morgan fingerprint density at radius 1 is 1.00 bits per heavy atom. The van der Waals surface area contributed by atoms with Crippen LogP contribution in [-0.4, -0.2) is 23.4 Å². The van der Waals surface area contributed by atoms with E-state index in [0.29, 0.717) is 17.0 Å². The number of rotatable bonds is 4. The normalized spacial score (nSPS) is 20.6. The summed E-state index contributed by atoms with van der Waals surface area (Å²) in [6, 6.07) is 18.3. The van der Waals surface area contributed by atoms with Crippen molar-refractivity contribution in [1.82, 2.24) is 4.90 Å². The highest BCUT2D eigenvalue weighted by Gasteiger charge is 2.29. The summed E-state index contributed by atoms with van der Waals surface area (Å²) in [5, 5.41) is 0.665. The number of amides is 1. The molecule has 1 amide bonds. The van der Waals surface area contributed by atoms with Gasteiger partial charge in [-0.15, -0.1) is 0 Å². The average Bonchev–Trinajstić information content (AvgIpc) is 2.64. The summed E-state index contributed by atoms with van der Waals surface area (Å²) in [4.78, 5) is 14.9. The zero-order chi connectivity index (χ0) is 16.9. The molecule has 0 aliphatic heterocycles. The third-order valence-corrected chi connectivity index (χ3v) is 5.35. The minimum atomic E-state index is 0.123. The Balaban J connectivity index is 1.65. The van der Waals surface area contributed by atoms with Gasteiger partial charge < -0.3 is 4.90 Å². The lowest BCUT2D eigenvalue weighted by atomic mass is 9.81. The average molecular weight is 342 g/mol. The Morgan fingerprint density at radius 2 is 1.62 bits per heavy atom. The van der Waals surface area contributed by atoms with Crippen LogP contribution in [0.3, 0.4) is 0 Å². The lowest BCUT2D eigenvalue weighted by Crippen LogP contribution is -2.42. The van der Waals surface area contributed by atoms with Crippen molar-refractivity contribution in [3.8, 4) is 0 Å². The third-order valence-electron chi connectivity index (χ3n) is 5.10. The van der Waals surface area contributed by atoms with Crippen molar-refractivity contribution in [3.63, 3.8) is 0 Å². The van der Waals surface area contributed by atoms with Crippen LogP contribution in [0.5, 0.6) is 0 Å². The highest BCUT2D eigenvalue weighted by molar-refractivity contribution is 6.30. The second-order valence-corrected chi connectivity index (χ2v) is 6.95. The molecule has 1 aliphatic carbocycles. The van der Waals surface area contributed by atoms with E-state index in [0.717, 1.165) is 37.8 Å².